The third kappa shape index (κ3) is 3.74. The zero-order valence-corrected chi connectivity index (χ0v) is 12.5. The number of hydrogen-bond donors (Lipinski definition) is 1. The molecular formula is C20H24O. The van der Waals surface area contributed by atoms with Gasteiger partial charge in [-0.2, -0.15) is 0 Å². The minimum absolute atomic E-state index is 0.147. The van der Waals surface area contributed by atoms with Crippen molar-refractivity contribution in [3.05, 3.63) is 71.3 Å². The molecule has 0 bridgehead atoms. The van der Waals surface area contributed by atoms with E-state index in [4.69, 9.17) is 0 Å². The molecule has 1 heteroatoms. The molecule has 0 saturated heterocycles. The molecule has 2 aromatic rings. The van der Waals surface area contributed by atoms with E-state index in [1.54, 1.807) is 0 Å². The first-order valence-corrected chi connectivity index (χ1v) is 8.09. The van der Waals surface area contributed by atoms with Crippen LogP contribution in [0.2, 0.25) is 0 Å². The van der Waals surface area contributed by atoms with Crippen LogP contribution in [-0.2, 0) is 13.0 Å². The van der Waals surface area contributed by atoms with Gasteiger partial charge in [0.15, 0.2) is 0 Å². The highest BCUT2D eigenvalue weighted by molar-refractivity contribution is 5.24. The van der Waals surface area contributed by atoms with Crippen molar-refractivity contribution in [3.8, 4) is 0 Å². The maximum Gasteiger partial charge on any atom is 0.0681 e. The van der Waals surface area contributed by atoms with Crippen LogP contribution in [0.5, 0.6) is 0 Å². The van der Waals surface area contributed by atoms with Gasteiger partial charge in [0.25, 0.3) is 0 Å². The fourth-order valence-electron chi connectivity index (χ4n) is 3.61. The standard InChI is InChI=1S/C20H24O/c21-15-18-6-4-5-17(14-18)13-16-9-11-20(12-10-16)19-7-2-1-3-8-19/h1-8,14,16,20-21H,9-13,15H2. The van der Waals surface area contributed by atoms with Crippen molar-refractivity contribution in [1.82, 2.24) is 0 Å². The second-order valence-electron chi connectivity index (χ2n) is 6.31. The van der Waals surface area contributed by atoms with E-state index in [0.29, 0.717) is 0 Å². The summed E-state index contributed by atoms with van der Waals surface area (Å²) in [6.45, 7) is 0.147. The van der Waals surface area contributed by atoms with Gasteiger partial charge in [0.1, 0.15) is 0 Å². The predicted octanol–water partition coefficient (Wildman–Crippen LogP) is 4.70. The minimum atomic E-state index is 0.147. The molecule has 0 aliphatic heterocycles. The van der Waals surface area contributed by atoms with Crippen LogP contribution in [0.1, 0.15) is 48.3 Å². The maximum absolute atomic E-state index is 9.23. The Hall–Kier alpha value is -1.60. The zero-order chi connectivity index (χ0) is 14.5. The number of rotatable bonds is 4. The molecule has 1 aliphatic carbocycles. The van der Waals surface area contributed by atoms with Gasteiger partial charge in [-0.1, -0.05) is 54.6 Å². The SMILES string of the molecule is OCc1cccc(CC2CCC(c3ccccc3)CC2)c1. The molecule has 0 atom stereocenters. The Kier molecular flexibility index (Phi) is 4.72. The summed E-state index contributed by atoms with van der Waals surface area (Å²) < 4.78 is 0. The van der Waals surface area contributed by atoms with Crippen molar-refractivity contribution in [2.45, 2.75) is 44.6 Å². The summed E-state index contributed by atoms with van der Waals surface area (Å²) in [5.41, 5.74) is 3.92. The predicted molar refractivity (Wildman–Crippen MR) is 87.2 cm³/mol. The monoisotopic (exact) mass is 280 g/mol. The topological polar surface area (TPSA) is 20.2 Å². The first kappa shape index (κ1) is 14.3. The largest absolute Gasteiger partial charge is 0.392 e. The molecule has 0 heterocycles. The number of hydrogen-bond acceptors (Lipinski definition) is 1. The summed E-state index contributed by atoms with van der Waals surface area (Å²) in [6.07, 6.45) is 6.43. The molecule has 1 N–H and O–H groups in total. The van der Waals surface area contributed by atoms with E-state index in [2.05, 4.69) is 48.5 Å². The summed E-state index contributed by atoms with van der Waals surface area (Å²) in [7, 11) is 0. The van der Waals surface area contributed by atoms with Crippen LogP contribution in [-0.4, -0.2) is 5.11 Å². The lowest BCUT2D eigenvalue weighted by molar-refractivity contribution is 0.281. The van der Waals surface area contributed by atoms with E-state index in [9.17, 15) is 5.11 Å². The summed E-state index contributed by atoms with van der Waals surface area (Å²) in [5, 5.41) is 9.23. The Balaban J connectivity index is 1.56. The molecule has 0 aromatic heterocycles. The quantitative estimate of drug-likeness (QED) is 0.861. The highest BCUT2D eigenvalue weighted by Gasteiger charge is 2.22. The van der Waals surface area contributed by atoms with Gasteiger partial charge in [-0.05, 0) is 60.6 Å². The molecule has 3 rings (SSSR count). The number of benzene rings is 2. The van der Waals surface area contributed by atoms with E-state index in [1.807, 2.05) is 6.07 Å². The molecule has 1 saturated carbocycles. The smallest absolute Gasteiger partial charge is 0.0681 e. The van der Waals surface area contributed by atoms with E-state index >= 15 is 0 Å². The van der Waals surface area contributed by atoms with Crippen LogP contribution in [0.4, 0.5) is 0 Å². The van der Waals surface area contributed by atoms with Gasteiger partial charge in [-0.25, -0.2) is 0 Å². The molecule has 0 unspecified atom stereocenters. The maximum atomic E-state index is 9.23. The first-order chi connectivity index (χ1) is 10.3. The Bertz CT molecular complexity index is 553. The van der Waals surface area contributed by atoms with Crippen molar-refractivity contribution in [3.63, 3.8) is 0 Å². The van der Waals surface area contributed by atoms with Crippen molar-refractivity contribution >= 4 is 0 Å². The molecule has 0 amide bonds. The van der Waals surface area contributed by atoms with Gasteiger partial charge in [-0.3, -0.25) is 0 Å². The second-order valence-corrected chi connectivity index (χ2v) is 6.31. The third-order valence-electron chi connectivity index (χ3n) is 4.82. The molecule has 1 aliphatic rings. The van der Waals surface area contributed by atoms with E-state index in [-0.39, 0.29) is 6.61 Å². The lowest BCUT2D eigenvalue weighted by Gasteiger charge is -2.29. The average molecular weight is 280 g/mol. The molecule has 0 spiro atoms. The first-order valence-electron chi connectivity index (χ1n) is 8.09. The molecule has 110 valence electrons. The van der Waals surface area contributed by atoms with Crippen LogP contribution >= 0.6 is 0 Å². The van der Waals surface area contributed by atoms with Crippen LogP contribution in [0.3, 0.4) is 0 Å². The second kappa shape index (κ2) is 6.91. The lowest BCUT2D eigenvalue weighted by atomic mass is 9.76. The van der Waals surface area contributed by atoms with Gasteiger partial charge in [0.05, 0.1) is 6.61 Å². The van der Waals surface area contributed by atoms with Crippen molar-refractivity contribution < 1.29 is 5.11 Å². The van der Waals surface area contributed by atoms with Crippen LogP contribution in [0.25, 0.3) is 0 Å². The van der Waals surface area contributed by atoms with Crippen molar-refractivity contribution in [2.24, 2.45) is 5.92 Å². The number of aliphatic hydroxyl groups is 1. The van der Waals surface area contributed by atoms with Gasteiger partial charge in [-0.15, -0.1) is 0 Å². The molecule has 21 heavy (non-hydrogen) atoms. The average Bonchev–Trinajstić information content (AvgIpc) is 2.56. The van der Waals surface area contributed by atoms with Crippen molar-refractivity contribution in [1.29, 1.82) is 0 Å². The Morgan fingerprint density at radius 2 is 1.52 bits per heavy atom. The third-order valence-corrected chi connectivity index (χ3v) is 4.82. The van der Waals surface area contributed by atoms with Gasteiger partial charge in [0.2, 0.25) is 0 Å². The highest BCUT2D eigenvalue weighted by Crippen LogP contribution is 2.36. The summed E-state index contributed by atoms with van der Waals surface area (Å²) >= 11 is 0. The molecule has 1 fully saturated rings. The normalized spacial score (nSPS) is 22.1. The fourth-order valence-corrected chi connectivity index (χ4v) is 3.61. The lowest BCUT2D eigenvalue weighted by Crippen LogP contribution is -2.15. The number of aliphatic hydroxyl groups excluding tert-OH is 1. The molecule has 0 radical (unpaired) electrons. The van der Waals surface area contributed by atoms with E-state index in [0.717, 1.165) is 23.8 Å². The minimum Gasteiger partial charge on any atom is -0.392 e. The Morgan fingerprint density at radius 3 is 2.24 bits per heavy atom. The van der Waals surface area contributed by atoms with Crippen LogP contribution in [0.15, 0.2) is 54.6 Å². The fraction of sp³-hybridized carbons (Fsp3) is 0.400. The van der Waals surface area contributed by atoms with Gasteiger partial charge in [0, 0.05) is 0 Å². The highest BCUT2D eigenvalue weighted by atomic mass is 16.3. The van der Waals surface area contributed by atoms with Crippen LogP contribution < -0.4 is 0 Å². The van der Waals surface area contributed by atoms with Gasteiger partial charge < -0.3 is 5.11 Å². The zero-order valence-electron chi connectivity index (χ0n) is 12.5. The molecule has 2 aromatic carbocycles. The Morgan fingerprint density at radius 1 is 0.810 bits per heavy atom. The van der Waals surface area contributed by atoms with Crippen LogP contribution in [0, 0.1) is 5.92 Å². The summed E-state index contributed by atoms with van der Waals surface area (Å²) in [4.78, 5) is 0. The van der Waals surface area contributed by atoms with E-state index < -0.39 is 0 Å². The summed E-state index contributed by atoms with van der Waals surface area (Å²) in [6, 6.07) is 19.4. The molecular weight excluding hydrogens is 256 g/mol. The summed E-state index contributed by atoms with van der Waals surface area (Å²) in [5.74, 6) is 1.56. The van der Waals surface area contributed by atoms with Gasteiger partial charge >= 0.3 is 0 Å². The Labute approximate surface area is 127 Å². The molecule has 1 nitrogen and oxygen atoms in total. The van der Waals surface area contributed by atoms with Crippen molar-refractivity contribution in [2.75, 3.05) is 0 Å². The van der Waals surface area contributed by atoms with E-state index in [1.165, 1.54) is 36.8 Å².